The summed E-state index contributed by atoms with van der Waals surface area (Å²) < 4.78 is 5.18. The highest BCUT2D eigenvalue weighted by Crippen LogP contribution is 2.24. The lowest BCUT2D eigenvalue weighted by molar-refractivity contribution is 0.0952. The van der Waals surface area contributed by atoms with Gasteiger partial charge in [-0.2, -0.15) is 5.26 Å². The van der Waals surface area contributed by atoms with Crippen LogP contribution in [0.2, 0.25) is 0 Å². The van der Waals surface area contributed by atoms with Crippen LogP contribution in [-0.2, 0) is 6.42 Å². The van der Waals surface area contributed by atoms with E-state index in [-0.39, 0.29) is 12.3 Å². The Hall–Kier alpha value is -2.02. The second kappa shape index (κ2) is 5.76. The number of carbonyl (C=O) groups is 1. The van der Waals surface area contributed by atoms with E-state index in [9.17, 15) is 4.79 Å². The third-order valence-electron chi connectivity index (χ3n) is 2.15. The average Bonchev–Trinajstić information content (AvgIpc) is 2.29. The van der Waals surface area contributed by atoms with Gasteiger partial charge in [0, 0.05) is 12.1 Å². The number of hydrogen-bond acceptors (Lipinski definition) is 3. The third-order valence-corrected chi connectivity index (χ3v) is 2.15. The van der Waals surface area contributed by atoms with E-state index in [2.05, 4.69) is 5.32 Å². The lowest BCUT2D eigenvalue weighted by atomic mass is 10.1. The molecule has 4 nitrogen and oxygen atoms in total. The first kappa shape index (κ1) is 12.1. The molecule has 0 aliphatic rings. The Morgan fingerprint density at radius 2 is 2.31 bits per heavy atom. The summed E-state index contributed by atoms with van der Waals surface area (Å²) in [6.45, 7) is 2.41. The molecule has 0 aromatic heterocycles. The zero-order valence-electron chi connectivity index (χ0n) is 9.41. The minimum Gasteiger partial charge on any atom is -0.496 e. The van der Waals surface area contributed by atoms with Crippen molar-refractivity contribution in [2.75, 3.05) is 13.7 Å². The molecule has 0 saturated heterocycles. The molecular weight excluding hydrogens is 204 g/mol. The maximum Gasteiger partial charge on any atom is 0.255 e. The molecule has 0 fully saturated rings. The molecule has 0 spiro atoms. The Morgan fingerprint density at radius 3 is 2.88 bits per heavy atom. The first-order valence-corrected chi connectivity index (χ1v) is 5.05. The van der Waals surface area contributed by atoms with Crippen LogP contribution in [0.3, 0.4) is 0 Å². The summed E-state index contributed by atoms with van der Waals surface area (Å²) in [5.41, 5.74) is 1.20. The monoisotopic (exact) mass is 218 g/mol. The number of ether oxygens (including phenoxy) is 1. The van der Waals surface area contributed by atoms with E-state index in [4.69, 9.17) is 10.00 Å². The van der Waals surface area contributed by atoms with Crippen molar-refractivity contribution in [2.24, 2.45) is 0 Å². The maximum absolute atomic E-state index is 11.7. The van der Waals surface area contributed by atoms with Gasteiger partial charge in [0.05, 0.1) is 25.2 Å². The minimum absolute atomic E-state index is 0.181. The summed E-state index contributed by atoms with van der Waals surface area (Å²) in [5.74, 6) is 0.300. The number of methoxy groups -OCH3 is 1. The summed E-state index contributed by atoms with van der Waals surface area (Å²) in [7, 11) is 1.50. The van der Waals surface area contributed by atoms with Gasteiger partial charge in [-0.15, -0.1) is 0 Å². The first-order chi connectivity index (χ1) is 7.74. The van der Waals surface area contributed by atoms with Gasteiger partial charge in [-0.05, 0) is 13.0 Å². The lowest BCUT2D eigenvalue weighted by Crippen LogP contribution is -2.23. The SMILES string of the molecule is CCNC(=O)c1cccc(CC#N)c1OC. The fourth-order valence-electron chi connectivity index (χ4n) is 1.48. The molecule has 0 saturated carbocycles. The summed E-state index contributed by atoms with van der Waals surface area (Å²) in [6, 6.07) is 7.26. The normalized spacial score (nSPS) is 9.31. The summed E-state index contributed by atoms with van der Waals surface area (Å²) >= 11 is 0. The first-order valence-electron chi connectivity index (χ1n) is 5.05. The van der Waals surface area contributed by atoms with E-state index < -0.39 is 0 Å². The molecule has 1 N–H and O–H groups in total. The standard InChI is InChI=1S/C12H14N2O2/c1-3-14-12(15)10-6-4-5-9(7-8-13)11(10)16-2/h4-6H,3,7H2,1-2H3,(H,14,15). The van der Waals surface area contributed by atoms with Gasteiger partial charge in [0.15, 0.2) is 0 Å². The quantitative estimate of drug-likeness (QED) is 0.833. The number of hydrogen-bond donors (Lipinski definition) is 1. The van der Waals surface area contributed by atoms with Crippen molar-refractivity contribution in [3.8, 4) is 11.8 Å². The van der Waals surface area contributed by atoms with Crippen LogP contribution in [0, 0.1) is 11.3 Å². The predicted octanol–water partition coefficient (Wildman–Crippen LogP) is 1.51. The number of amides is 1. The van der Waals surface area contributed by atoms with Crippen molar-refractivity contribution >= 4 is 5.91 Å². The Morgan fingerprint density at radius 1 is 1.56 bits per heavy atom. The van der Waals surface area contributed by atoms with Gasteiger partial charge >= 0.3 is 0 Å². The van der Waals surface area contributed by atoms with Crippen molar-refractivity contribution in [2.45, 2.75) is 13.3 Å². The number of nitriles is 1. The molecule has 0 bridgehead atoms. The van der Waals surface area contributed by atoms with Crippen LogP contribution in [0.1, 0.15) is 22.8 Å². The second-order valence-corrected chi connectivity index (χ2v) is 3.19. The molecule has 0 aliphatic carbocycles. The highest BCUT2D eigenvalue weighted by Gasteiger charge is 2.14. The van der Waals surface area contributed by atoms with Crippen LogP contribution in [0.4, 0.5) is 0 Å². The molecule has 4 heteroatoms. The predicted molar refractivity (Wildman–Crippen MR) is 60.3 cm³/mol. The Labute approximate surface area is 94.8 Å². The molecule has 1 rings (SSSR count). The highest BCUT2D eigenvalue weighted by atomic mass is 16.5. The van der Waals surface area contributed by atoms with Gasteiger partial charge in [-0.3, -0.25) is 4.79 Å². The zero-order valence-corrected chi connectivity index (χ0v) is 9.41. The van der Waals surface area contributed by atoms with E-state index >= 15 is 0 Å². The number of nitrogens with one attached hydrogen (secondary N) is 1. The van der Waals surface area contributed by atoms with E-state index in [1.54, 1.807) is 18.2 Å². The third kappa shape index (κ3) is 2.51. The van der Waals surface area contributed by atoms with Gasteiger partial charge in [0.1, 0.15) is 5.75 Å². The summed E-state index contributed by atoms with van der Waals surface area (Å²) in [5, 5.41) is 11.4. The fourth-order valence-corrected chi connectivity index (χ4v) is 1.48. The molecular formula is C12H14N2O2. The molecule has 0 radical (unpaired) electrons. The van der Waals surface area contributed by atoms with E-state index in [0.717, 1.165) is 5.56 Å². The van der Waals surface area contributed by atoms with Gasteiger partial charge in [0.2, 0.25) is 0 Å². The number of rotatable bonds is 4. The number of nitrogens with zero attached hydrogens (tertiary/aromatic N) is 1. The van der Waals surface area contributed by atoms with Crippen LogP contribution >= 0.6 is 0 Å². The Kier molecular flexibility index (Phi) is 4.34. The van der Waals surface area contributed by atoms with Crippen LogP contribution in [-0.4, -0.2) is 19.6 Å². The smallest absolute Gasteiger partial charge is 0.255 e. The molecule has 16 heavy (non-hydrogen) atoms. The van der Waals surface area contributed by atoms with Crippen LogP contribution in [0.5, 0.6) is 5.75 Å². The summed E-state index contributed by atoms with van der Waals surface area (Å²) in [6.07, 6.45) is 0.233. The van der Waals surface area contributed by atoms with E-state index in [1.807, 2.05) is 13.0 Å². The molecule has 1 aromatic carbocycles. The van der Waals surface area contributed by atoms with Crippen molar-refractivity contribution < 1.29 is 9.53 Å². The average molecular weight is 218 g/mol. The Bertz CT molecular complexity index is 422. The Balaban J connectivity index is 3.14. The minimum atomic E-state index is -0.181. The largest absolute Gasteiger partial charge is 0.496 e. The molecule has 1 aromatic rings. The lowest BCUT2D eigenvalue weighted by Gasteiger charge is -2.11. The van der Waals surface area contributed by atoms with Gasteiger partial charge in [-0.1, -0.05) is 12.1 Å². The topological polar surface area (TPSA) is 62.1 Å². The van der Waals surface area contributed by atoms with Gasteiger partial charge in [0.25, 0.3) is 5.91 Å². The maximum atomic E-state index is 11.7. The van der Waals surface area contributed by atoms with Crippen molar-refractivity contribution in [3.05, 3.63) is 29.3 Å². The second-order valence-electron chi connectivity index (χ2n) is 3.19. The molecule has 0 heterocycles. The fraction of sp³-hybridized carbons (Fsp3) is 0.333. The van der Waals surface area contributed by atoms with E-state index in [0.29, 0.717) is 17.9 Å². The zero-order chi connectivity index (χ0) is 12.0. The van der Waals surface area contributed by atoms with Crippen molar-refractivity contribution in [3.63, 3.8) is 0 Å². The highest BCUT2D eigenvalue weighted by molar-refractivity contribution is 5.97. The van der Waals surface area contributed by atoms with Crippen LogP contribution < -0.4 is 10.1 Å². The van der Waals surface area contributed by atoms with Gasteiger partial charge in [-0.25, -0.2) is 0 Å². The number of carbonyl (C=O) groups excluding carboxylic acids is 1. The number of para-hydroxylation sites is 1. The molecule has 0 unspecified atom stereocenters. The van der Waals surface area contributed by atoms with Crippen molar-refractivity contribution in [1.82, 2.24) is 5.32 Å². The van der Waals surface area contributed by atoms with Gasteiger partial charge < -0.3 is 10.1 Å². The van der Waals surface area contributed by atoms with Crippen LogP contribution in [0.15, 0.2) is 18.2 Å². The van der Waals surface area contributed by atoms with E-state index in [1.165, 1.54) is 7.11 Å². The molecule has 0 atom stereocenters. The van der Waals surface area contributed by atoms with Crippen molar-refractivity contribution in [1.29, 1.82) is 5.26 Å². The molecule has 84 valence electrons. The number of benzene rings is 1. The van der Waals surface area contributed by atoms with Crippen LogP contribution in [0.25, 0.3) is 0 Å². The molecule has 0 aliphatic heterocycles. The molecule has 1 amide bonds. The summed E-state index contributed by atoms with van der Waals surface area (Å²) in [4.78, 5) is 11.7.